The summed E-state index contributed by atoms with van der Waals surface area (Å²) in [6.45, 7) is 1.18. The van der Waals surface area contributed by atoms with Gasteiger partial charge in [-0.3, -0.25) is 0 Å². The Kier molecular flexibility index (Phi) is 3.29. The molecule has 0 saturated carbocycles. The topological polar surface area (TPSA) is 3.01 Å². The molecule has 1 aromatic carbocycles. The van der Waals surface area contributed by atoms with Gasteiger partial charge in [-0.1, -0.05) is 18.2 Å². The summed E-state index contributed by atoms with van der Waals surface area (Å²) >= 11 is 0. The molecular weight excluding hydrogens is 157 g/mol. The molecule has 1 nitrogen and oxygen atoms in total. The second-order valence-electron chi connectivity index (χ2n) is 3.41. The lowest BCUT2D eigenvalue weighted by molar-refractivity contribution is -0.491. The highest BCUT2D eigenvalue weighted by Crippen LogP contribution is 2.11. The summed E-state index contributed by atoms with van der Waals surface area (Å²) in [5.74, 6) is 0. The minimum Gasteiger partial charge on any atom is -1.00 e. The molecule has 1 aliphatic rings. The van der Waals surface area contributed by atoms with Crippen LogP contribution in [0.25, 0.3) is 0 Å². The first-order valence-corrected chi connectivity index (χ1v) is 4.49. The third-order valence-corrected chi connectivity index (χ3v) is 2.37. The van der Waals surface area contributed by atoms with Crippen LogP contribution in [0.15, 0.2) is 24.3 Å². The summed E-state index contributed by atoms with van der Waals surface area (Å²) in [6.07, 6.45) is 4.73. The van der Waals surface area contributed by atoms with E-state index in [0.29, 0.717) is 0 Å². The largest absolute Gasteiger partial charge is 1.00 e. The van der Waals surface area contributed by atoms with E-state index in [1.165, 1.54) is 30.5 Å². The van der Waals surface area contributed by atoms with Gasteiger partial charge in [0.1, 0.15) is 13.6 Å². The molecular formula is C11H14BN. The molecule has 0 amide bonds. The van der Waals surface area contributed by atoms with Gasteiger partial charge >= 0.3 is 0 Å². The highest BCUT2D eigenvalue weighted by Gasteiger charge is 2.08. The average Bonchev–Trinajstić information content (AvgIpc) is 2.25. The molecule has 0 aliphatic carbocycles. The first-order valence-electron chi connectivity index (χ1n) is 4.49. The lowest BCUT2D eigenvalue weighted by Crippen LogP contribution is -2.06. The maximum atomic E-state index is 2.27. The standard InChI is InChI=1S/C11H14N.B/c1-12-8-4-7-10-5-2-3-6-11(10)9-12;/h2-3,5-6,9H,4,7-8H2,1H3;/q+1;-1. The van der Waals surface area contributed by atoms with Gasteiger partial charge in [-0.15, -0.1) is 0 Å². The minimum absolute atomic E-state index is 0. The Hall–Kier alpha value is -1.05. The number of fused-ring (bicyclic) bond motifs is 1. The summed E-state index contributed by atoms with van der Waals surface area (Å²) in [6, 6.07) is 8.65. The predicted octanol–water partition coefficient (Wildman–Crippen LogP) is 1.31. The van der Waals surface area contributed by atoms with Gasteiger partial charge in [0.2, 0.25) is 0 Å². The van der Waals surface area contributed by atoms with E-state index in [9.17, 15) is 0 Å². The van der Waals surface area contributed by atoms with Crippen LogP contribution in [0.5, 0.6) is 0 Å². The van der Waals surface area contributed by atoms with Crippen molar-refractivity contribution < 1.29 is 4.58 Å². The van der Waals surface area contributed by atoms with Crippen molar-refractivity contribution in [3.8, 4) is 0 Å². The van der Waals surface area contributed by atoms with Crippen LogP contribution in [0.2, 0.25) is 0 Å². The van der Waals surface area contributed by atoms with E-state index in [1.807, 2.05) is 0 Å². The molecule has 0 atom stereocenters. The first-order chi connectivity index (χ1) is 5.86. The van der Waals surface area contributed by atoms with Gasteiger partial charge in [-0.2, -0.15) is 0 Å². The number of aryl methyl sites for hydroxylation is 1. The van der Waals surface area contributed by atoms with Gasteiger partial charge in [-0.05, 0) is 18.1 Å². The molecule has 0 saturated heterocycles. The molecule has 4 radical (unpaired) electrons. The normalized spacial score (nSPS) is 15.0. The van der Waals surface area contributed by atoms with Crippen molar-refractivity contribution in [3.63, 3.8) is 0 Å². The molecule has 1 aliphatic heterocycles. The third-order valence-electron chi connectivity index (χ3n) is 2.37. The van der Waals surface area contributed by atoms with Crippen LogP contribution in [0.3, 0.4) is 0 Å². The molecule has 1 heterocycles. The Balaban J connectivity index is 0.000000845. The number of hydrogen-bond donors (Lipinski definition) is 0. The highest BCUT2D eigenvalue weighted by molar-refractivity contribution is 5.78. The Labute approximate surface area is 81.7 Å². The highest BCUT2D eigenvalue weighted by atomic mass is 14.9. The monoisotopic (exact) mass is 171 g/mol. The maximum Gasteiger partial charge on any atom is 0.170 e. The van der Waals surface area contributed by atoms with Crippen LogP contribution in [-0.4, -0.2) is 32.8 Å². The van der Waals surface area contributed by atoms with E-state index < -0.39 is 0 Å². The molecule has 2 heteroatoms. The van der Waals surface area contributed by atoms with Crippen molar-refractivity contribution in [2.75, 3.05) is 13.6 Å². The molecule has 0 spiro atoms. The van der Waals surface area contributed by atoms with Crippen LogP contribution < -0.4 is 0 Å². The van der Waals surface area contributed by atoms with Crippen molar-refractivity contribution in [2.24, 2.45) is 0 Å². The summed E-state index contributed by atoms with van der Waals surface area (Å²) in [5, 5.41) is 0. The summed E-state index contributed by atoms with van der Waals surface area (Å²) in [4.78, 5) is 0. The fourth-order valence-electron chi connectivity index (χ4n) is 1.71. The van der Waals surface area contributed by atoms with E-state index in [-0.39, 0.29) is 8.41 Å². The summed E-state index contributed by atoms with van der Waals surface area (Å²) < 4.78 is 2.27. The van der Waals surface area contributed by atoms with Crippen molar-refractivity contribution in [1.82, 2.24) is 0 Å². The van der Waals surface area contributed by atoms with Gasteiger partial charge in [-0.25, -0.2) is 4.58 Å². The lowest BCUT2D eigenvalue weighted by Gasteiger charge is -1.97. The fourth-order valence-corrected chi connectivity index (χ4v) is 1.71. The van der Waals surface area contributed by atoms with E-state index >= 15 is 0 Å². The van der Waals surface area contributed by atoms with Crippen LogP contribution in [0.4, 0.5) is 0 Å². The Morgan fingerprint density at radius 3 is 2.85 bits per heavy atom. The van der Waals surface area contributed by atoms with Gasteiger partial charge in [0.15, 0.2) is 6.21 Å². The quantitative estimate of drug-likeness (QED) is 0.409. The summed E-state index contributed by atoms with van der Waals surface area (Å²) in [5.41, 5.74) is 2.87. The van der Waals surface area contributed by atoms with E-state index in [4.69, 9.17) is 0 Å². The minimum atomic E-state index is 0. The first kappa shape index (κ1) is 10.0. The van der Waals surface area contributed by atoms with E-state index in [1.54, 1.807) is 0 Å². The molecule has 0 fully saturated rings. The zero-order valence-corrected chi connectivity index (χ0v) is 8.03. The van der Waals surface area contributed by atoms with Crippen molar-refractivity contribution >= 4 is 14.6 Å². The van der Waals surface area contributed by atoms with Crippen LogP contribution in [-0.2, 0) is 6.42 Å². The van der Waals surface area contributed by atoms with E-state index in [0.717, 1.165) is 0 Å². The molecule has 0 N–H and O–H groups in total. The van der Waals surface area contributed by atoms with Crippen LogP contribution >= 0.6 is 0 Å². The number of rotatable bonds is 0. The molecule has 66 valence electrons. The smallest absolute Gasteiger partial charge is 0.170 e. The third kappa shape index (κ3) is 2.21. The SMILES string of the molecule is C[N+]1=Cc2ccccc2CCC1.[B-]. The fraction of sp³-hybridized carbons (Fsp3) is 0.364. The zero-order valence-electron chi connectivity index (χ0n) is 8.03. The number of hydrogen-bond acceptors (Lipinski definition) is 0. The van der Waals surface area contributed by atoms with Crippen LogP contribution in [0.1, 0.15) is 17.5 Å². The lowest BCUT2D eigenvalue weighted by atomic mass is 10.1. The number of nitrogens with zero attached hydrogens (tertiary/aromatic N) is 1. The zero-order chi connectivity index (χ0) is 8.39. The molecule has 0 bridgehead atoms. The second kappa shape index (κ2) is 4.26. The van der Waals surface area contributed by atoms with Crippen LogP contribution in [0, 0.1) is 0 Å². The molecule has 1 aromatic rings. The molecule has 0 unspecified atom stereocenters. The van der Waals surface area contributed by atoms with Gasteiger partial charge < -0.3 is 8.41 Å². The Bertz CT molecular complexity index is 318. The average molecular weight is 171 g/mol. The maximum absolute atomic E-state index is 2.27. The van der Waals surface area contributed by atoms with Crippen molar-refractivity contribution in [1.29, 1.82) is 0 Å². The van der Waals surface area contributed by atoms with Gasteiger partial charge in [0, 0.05) is 12.0 Å². The Morgan fingerprint density at radius 2 is 2.00 bits per heavy atom. The van der Waals surface area contributed by atoms with Crippen molar-refractivity contribution in [2.45, 2.75) is 12.8 Å². The van der Waals surface area contributed by atoms with Gasteiger partial charge in [0.25, 0.3) is 0 Å². The van der Waals surface area contributed by atoms with Gasteiger partial charge in [0.05, 0.1) is 0 Å². The summed E-state index contributed by atoms with van der Waals surface area (Å²) in [7, 11) is 2.14. The van der Waals surface area contributed by atoms with Crippen molar-refractivity contribution in [3.05, 3.63) is 35.4 Å². The molecule has 2 rings (SSSR count). The second-order valence-corrected chi connectivity index (χ2v) is 3.41. The Morgan fingerprint density at radius 1 is 1.23 bits per heavy atom. The molecule has 13 heavy (non-hydrogen) atoms. The predicted molar refractivity (Wildman–Crippen MR) is 56.7 cm³/mol. The van der Waals surface area contributed by atoms with E-state index in [2.05, 4.69) is 42.1 Å². The number of benzene rings is 1. The molecule has 0 aromatic heterocycles.